The Morgan fingerprint density at radius 3 is 2.88 bits per heavy atom. The highest BCUT2D eigenvalue weighted by Crippen LogP contribution is 2.29. The topological polar surface area (TPSA) is 62.7 Å². The van der Waals surface area contributed by atoms with Crippen molar-refractivity contribution in [1.29, 1.82) is 0 Å². The molecule has 1 fully saturated rings. The molecule has 1 aromatic carbocycles. The number of morpholine rings is 1. The summed E-state index contributed by atoms with van der Waals surface area (Å²) in [6.45, 7) is 1.12. The zero-order valence-electron chi connectivity index (χ0n) is 12.8. The molecule has 0 saturated carbocycles. The van der Waals surface area contributed by atoms with Gasteiger partial charge in [0.1, 0.15) is 11.8 Å². The molecule has 24 heavy (non-hydrogen) atoms. The van der Waals surface area contributed by atoms with Crippen LogP contribution in [0.2, 0.25) is 10.0 Å². The van der Waals surface area contributed by atoms with E-state index in [1.807, 2.05) is 6.07 Å². The third-order valence-corrected chi connectivity index (χ3v) is 4.60. The fourth-order valence-corrected chi connectivity index (χ4v) is 2.90. The summed E-state index contributed by atoms with van der Waals surface area (Å²) in [6.07, 6.45) is -0.265. The number of rotatable bonds is 3. The summed E-state index contributed by atoms with van der Waals surface area (Å²) < 4.78 is 5.76. The van der Waals surface area contributed by atoms with E-state index in [2.05, 4.69) is 4.98 Å². The van der Waals surface area contributed by atoms with Crippen molar-refractivity contribution in [3.63, 3.8) is 0 Å². The first-order valence-electron chi connectivity index (χ1n) is 7.51. The molecule has 0 unspecified atom stereocenters. The van der Waals surface area contributed by atoms with Crippen LogP contribution in [0.5, 0.6) is 0 Å². The van der Waals surface area contributed by atoms with Crippen molar-refractivity contribution in [3.05, 3.63) is 63.4 Å². The Labute approximate surface area is 149 Å². The van der Waals surface area contributed by atoms with E-state index < -0.39 is 0 Å². The number of hydrogen-bond acceptors (Lipinski definition) is 4. The third kappa shape index (κ3) is 3.70. The highest BCUT2D eigenvalue weighted by Gasteiger charge is 2.27. The maximum absolute atomic E-state index is 12.6. The number of aliphatic hydroxyl groups is 1. The fraction of sp³-hybridized carbons (Fsp3) is 0.294. The highest BCUT2D eigenvalue weighted by molar-refractivity contribution is 6.42. The SMILES string of the molecule is O=C(c1cccc(CO)n1)N1CCO[C@H](c2ccc(Cl)c(Cl)c2)C1. The van der Waals surface area contributed by atoms with E-state index in [4.69, 9.17) is 33.0 Å². The molecule has 126 valence electrons. The molecular formula is C17H16Cl2N2O3. The molecule has 2 heterocycles. The van der Waals surface area contributed by atoms with E-state index in [1.54, 1.807) is 35.2 Å². The molecule has 1 aliphatic heterocycles. The molecule has 0 bridgehead atoms. The second-order valence-corrected chi connectivity index (χ2v) is 6.27. The van der Waals surface area contributed by atoms with Crippen molar-refractivity contribution in [3.8, 4) is 0 Å². The maximum atomic E-state index is 12.6. The van der Waals surface area contributed by atoms with E-state index in [9.17, 15) is 4.79 Å². The summed E-state index contributed by atoms with van der Waals surface area (Å²) in [4.78, 5) is 18.5. The molecule has 5 nitrogen and oxygen atoms in total. The van der Waals surface area contributed by atoms with Gasteiger partial charge in [-0.25, -0.2) is 4.98 Å². The van der Waals surface area contributed by atoms with E-state index in [0.717, 1.165) is 5.56 Å². The number of halogens is 2. The summed E-state index contributed by atoms with van der Waals surface area (Å²) in [7, 11) is 0. The van der Waals surface area contributed by atoms with Crippen LogP contribution >= 0.6 is 23.2 Å². The lowest BCUT2D eigenvalue weighted by Gasteiger charge is -2.33. The van der Waals surface area contributed by atoms with Crippen molar-refractivity contribution < 1.29 is 14.6 Å². The van der Waals surface area contributed by atoms with E-state index in [-0.39, 0.29) is 18.6 Å². The Kier molecular flexibility index (Phi) is 5.36. The van der Waals surface area contributed by atoms with Crippen molar-refractivity contribution in [2.45, 2.75) is 12.7 Å². The minimum atomic E-state index is -0.265. The standard InChI is InChI=1S/C17H16Cl2N2O3/c18-13-5-4-11(8-14(13)19)16-9-21(6-7-24-16)17(23)15-3-1-2-12(10-22)20-15/h1-5,8,16,22H,6-7,9-10H2/t16-/m0/s1. The average Bonchev–Trinajstić information content (AvgIpc) is 2.63. The molecule has 0 radical (unpaired) electrons. The van der Waals surface area contributed by atoms with Gasteiger partial charge in [0.25, 0.3) is 5.91 Å². The van der Waals surface area contributed by atoms with Crippen LogP contribution in [0.15, 0.2) is 36.4 Å². The summed E-state index contributed by atoms with van der Waals surface area (Å²) in [6, 6.07) is 10.3. The predicted octanol–water partition coefficient (Wildman–Crippen LogP) is 3.09. The Morgan fingerprint density at radius 1 is 1.29 bits per heavy atom. The Morgan fingerprint density at radius 2 is 2.12 bits per heavy atom. The minimum absolute atomic E-state index is 0.182. The molecule has 1 N–H and O–H groups in total. The zero-order chi connectivity index (χ0) is 17.1. The second kappa shape index (κ2) is 7.49. The number of hydrogen-bond donors (Lipinski definition) is 1. The van der Waals surface area contributed by atoms with Gasteiger partial charge in [0.05, 0.1) is 35.5 Å². The molecule has 1 amide bonds. The number of carbonyl (C=O) groups excluding carboxylic acids is 1. The lowest BCUT2D eigenvalue weighted by Crippen LogP contribution is -2.42. The van der Waals surface area contributed by atoms with Gasteiger partial charge in [0.2, 0.25) is 0 Å². The highest BCUT2D eigenvalue weighted by atomic mass is 35.5. The smallest absolute Gasteiger partial charge is 0.272 e. The number of nitrogens with zero attached hydrogens (tertiary/aromatic N) is 2. The van der Waals surface area contributed by atoms with E-state index >= 15 is 0 Å². The third-order valence-electron chi connectivity index (χ3n) is 3.86. The number of aromatic nitrogens is 1. The lowest BCUT2D eigenvalue weighted by atomic mass is 10.1. The Bertz CT molecular complexity index is 754. The van der Waals surface area contributed by atoms with Crippen LogP contribution in [0.1, 0.15) is 27.8 Å². The molecule has 0 spiro atoms. The number of aliphatic hydroxyl groups excluding tert-OH is 1. The van der Waals surface area contributed by atoms with Crippen LogP contribution in [0, 0.1) is 0 Å². The Balaban J connectivity index is 1.77. The number of carbonyl (C=O) groups is 1. The average molecular weight is 367 g/mol. The van der Waals surface area contributed by atoms with E-state index in [1.165, 1.54) is 0 Å². The van der Waals surface area contributed by atoms with Crippen molar-refractivity contribution >= 4 is 29.1 Å². The van der Waals surface area contributed by atoms with Gasteiger partial charge >= 0.3 is 0 Å². The quantitative estimate of drug-likeness (QED) is 0.906. The molecule has 1 saturated heterocycles. The summed E-state index contributed by atoms with van der Waals surface area (Å²) in [5.74, 6) is -0.182. The molecular weight excluding hydrogens is 351 g/mol. The molecule has 3 rings (SSSR count). The van der Waals surface area contributed by atoms with Gasteiger partial charge in [-0.2, -0.15) is 0 Å². The van der Waals surface area contributed by atoms with Crippen LogP contribution in [0.4, 0.5) is 0 Å². The molecule has 1 aromatic heterocycles. The normalized spacial score (nSPS) is 17.8. The number of amides is 1. The fourth-order valence-electron chi connectivity index (χ4n) is 2.60. The van der Waals surface area contributed by atoms with Crippen molar-refractivity contribution in [2.75, 3.05) is 19.7 Å². The van der Waals surface area contributed by atoms with E-state index in [0.29, 0.717) is 41.1 Å². The van der Waals surface area contributed by atoms with Crippen LogP contribution in [0.3, 0.4) is 0 Å². The van der Waals surface area contributed by atoms with Gasteiger partial charge < -0.3 is 14.7 Å². The molecule has 7 heteroatoms. The molecule has 1 aliphatic rings. The Hall–Kier alpha value is -1.66. The van der Waals surface area contributed by atoms with Gasteiger partial charge in [0, 0.05) is 6.54 Å². The maximum Gasteiger partial charge on any atom is 0.272 e. The van der Waals surface area contributed by atoms with Crippen LogP contribution in [0.25, 0.3) is 0 Å². The van der Waals surface area contributed by atoms with Gasteiger partial charge in [-0.15, -0.1) is 0 Å². The second-order valence-electron chi connectivity index (χ2n) is 5.46. The molecule has 0 aliphatic carbocycles. The van der Waals surface area contributed by atoms with Crippen LogP contribution < -0.4 is 0 Å². The number of benzene rings is 1. The summed E-state index contributed by atoms with van der Waals surface area (Å²) in [5.41, 5.74) is 1.66. The van der Waals surface area contributed by atoms with Gasteiger partial charge in [-0.1, -0.05) is 35.3 Å². The van der Waals surface area contributed by atoms with Crippen LogP contribution in [-0.2, 0) is 11.3 Å². The zero-order valence-corrected chi connectivity index (χ0v) is 14.3. The van der Waals surface area contributed by atoms with Gasteiger partial charge in [-0.3, -0.25) is 4.79 Å². The first-order chi connectivity index (χ1) is 11.6. The molecule has 2 aromatic rings. The first-order valence-corrected chi connectivity index (χ1v) is 8.26. The monoisotopic (exact) mass is 366 g/mol. The van der Waals surface area contributed by atoms with Crippen LogP contribution in [-0.4, -0.2) is 40.6 Å². The lowest BCUT2D eigenvalue weighted by molar-refractivity contribution is -0.0230. The minimum Gasteiger partial charge on any atom is -0.390 e. The largest absolute Gasteiger partial charge is 0.390 e. The number of ether oxygens (including phenoxy) is 1. The molecule has 1 atom stereocenters. The van der Waals surface area contributed by atoms with Gasteiger partial charge in [0.15, 0.2) is 0 Å². The summed E-state index contributed by atoms with van der Waals surface area (Å²) in [5, 5.41) is 10.1. The number of pyridine rings is 1. The predicted molar refractivity (Wildman–Crippen MR) is 91.2 cm³/mol. The van der Waals surface area contributed by atoms with Gasteiger partial charge in [-0.05, 0) is 29.8 Å². The van der Waals surface area contributed by atoms with Crippen molar-refractivity contribution in [2.24, 2.45) is 0 Å². The first kappa shape index (κ1) is 17.2. The van der Waals surface area contributed by atoms with Crippen molar-refractivity contribution in [1.82, 2.24) is 9.88 Å². The summed E-state index contributed by atoms with van der Waals surface area (Å²) >= 11 is 12.0.